The summed E-state index contributed by atoms with van der Waals surface area (Å²) in [6, 6.07) is 25.5. The van der Waals surface area contributed by atoms with Gasteiger partial charge in [-0.1, -0.05) is 48.5 Å². The molecule has 2 N–H and O–H groups in total. The lowest BCUT2D eigenvalue weighted by atomic mass is 10.1. The van der Waals surface area contributed by atoms with Gasteiger partial charge in [-0.15, -0.1) is 0 Å². The number of phenolic OH excluding ortho intramolecular Hbond substituents is 2. The van der Waals surface area contributed by atoms with E-state index in [1.807, 2.05) is 42.5 Å². The Morgan fingerprint density at radius 2 is 1.16 bits per heavy atom. The summed E-state index contributed by atoms with van der Waals surface area (Å²) >= 11 is 0. The summed E-state index contributed by atoms with van der Waals surface area (Å²) in [5, 5.41) is 20.5. The minimum atomic E-state index is -0.183. The fourth-order valence-electron chi connectivity index (χ4n) is 3.50. The molecule has 3 aromatic rings. The quantitative estimate of drug-likeness (QED) is 0.708. The highest BCUT2D eigenvalue weighted by atomic mass is 16.3. The first kappa shape index (κ1) is 15.4. The molecule has 0 atom stereocenters. The first-order valence-electron chi connectivity index (χ1n) is 8.40. The van der Waals surface area contributed by atoms with Crippen molar-refractivity contribution in [3.63, 3.8) is 0 Å². The number of phenols is 2. The van der Waals surface area contributed by atoms with E-state index in [0.29, 0.717) is 5.56 Å². The van der Waals surface area contributed by atoms with E-state index in [1.54, 1.807) is 6.07 Å². The Hall–Kier alpha value is -3.14. The molecule has 0 aromatic heterocycles. The topological polar surface area (TPSA) is 46.9 Å². The van der Waals surface area contributed by atoms with E-state index in [9.17, 15) is 10.2 Å². The molecule has 0 saturated carbocycles. The summed E-state index contributed by atoms with van der Waals surface area (Å²) in [6.07, 6.45) is -0.183. The minimum Gasteiger partial charge on any atom is -0.504 e. The smallest absolute Gasteiger partial charge is 0.164 e. The van der Waals surface area contributed by atoms with Crippen LogP contribution in [0, 0.1) is 0 Å². The third kappa shape index (κ3) is 2.76. The highest BCUT2D eigenvalue weighted by Gasteiger charge is 2.35. The van der Waals surface area contributed by atoms with Crippen LogP contribution in [-0.2, 0) is 0 Å². The molecule has 1 heterocycles. The van der Waals surface area contributed by atoms with Crippen molar-refractivity contribution in [1.82, 2.24) is 0 Å². The third-order valence-electron chi connectivity index (χ3n) is 4.67. The third-order valence-corrected chi connectivity index (χ3v) is 4.67. The molecule has 0 amide bonds. The Kier molecular flexibility index (Phi) is 3.94. The Balaban J connectivity index is 1.83. The number of hydrogen-bond donors (Lipinski definition) is 2. The van der Waals surface area contributed by atoms with Crippen LogP contribution in [0.25, 0.3) is 0 Å². The molecule has 3 aromatic carbocycles. The number of benzene rings is 3. The highest BCUT2D eigenvalue weighted by molar-refractivity contribution is 5.61. The van der Waals surface area contributed by atoms with Crippen molar-refractivity contribution in [2.75, 3.05) is 22.9 Å². The van der Waals surface area contributed by atoms with Crippen molar-refractivity contribution in [2.45, 2.75) is 6.17 Å². The van der Waals surface area contributed by atoms with Crippen LogP contribution in [0.2, 0.25) is 0 Å². The van der Waals surface area contributed by atoms with E-state index in [1.165, 1.54) is 6.07 Å². The van der Waals surface area contributed by atoms with Crippen LogP contribution in [0.3, 0.4) is 0 Å². The van der Waals surface area contributed by atoms with Gasteiger partial charge < -0.3 is 20.0 Å². The van der Waals surface area contributed by atoms with Crippen molar-refractivity contribution in [3.8, 4) is 11.5 Å². The summed E-state index contributed by atoms with van der Waals surface area (Å²) in [7, 11) is 0. The first-order chi connectivity index (χ1) is 12.3. The van der Waals surface area contributed by atoms with Gasteiger partial charge in [-0.25, -0.2) is 0 Å². The van der Waals surface area contributed by atoms with Gasteiger partial charge in [0, 0.05) is 30.0 Å². The van der Waals surface area contributed by atoms with Crippen molar-refractivity contribution in [3.05, 3.63) is 84.4 Å². The summed E-state index contributed by atoms with van der Waals surface area (Å²) in [4.78, 5) is 4.50. The molecule has 1 aliphatic heterocycles. The standard InChI is InChI=1S/C21H20N2O2/c24-19-13-7-12-18(20(19)25)21-22(16-8-3-1-4-9-16)14-15-23(21)17-10-5-2-6-11-17/h1-13,21,24-25H,14-15H2. The summed E-state index contributed by atoms with van der Waals surface area (Å²) < 4.78 is 0. The number of rotatable bonds is 3. The average Bonchev–Trinajstić information content (AvgIpc) is 3.10. The molecule has 0 bridgehead atoms. The van der Waals surface area contributed by atoms with Crippen LogP contribution in [0.5, 0.6) is 11.5 Å². The predicted molar refractivity (Wildman–Crippen MR) is 100 cm³/mol. The van der Waals surface area contributed by atoms with Crippen LogP contribution in [0.4, 0.5) is 11.4 Å². The molecule has 0 spiro atoms. The van der Waals surface area contributed by atoms with Gasteiger partial charge >= 0.3 is 0 Å². The zero-order chi connectivity index (χ0) is 17.2. The number of anilines is 2. The van der Waals surface area contributed by atoms with Gasteiger partial charge in [0.2, 0.25) is 0 Å². The van der Waals surface area contributed by atoms with Crippen molar-refractivity contribution >= 4 is 11.4 Å². The number of hydrogen-bond acceptors (Lipinski definition) is 4. The van der Waals surface area contributed by atoms with Crippen LogP contribution in [-0.4, -0.2) is 23.3 Å². The van der Waals surface area contributed by atoms with Gasteiger partial charge in [0.05, 0.1) is 0 Å². The minimum absolute atomic E-state index is 0.0590. The van der Waals surface area contributed by atoms with E-state index >= 15 is 0 Å². The van der Waals surface area contributed by atoms with Gasteiger partial charge in [0.1, 0.15) is 6.17 Å². The average molecular weight is 332 g/mol. The molecule has 25 heavy (non-hydrogen) atoms. The molecule has 4 nitrogen and oxygen atoms in total. The van der Waals surface area contributed by atoms with Gasteiger partial charge in [0.25, 0.3) is 0 Å². The summed E-state index contributed by atoms with van der Waals surface area (Å²) in [5.74, 6) is -0.151. The maximum absolute atomic E-state index is 10.5. The van der Waals surface area contributed by atoms with Gasteiger partial charge in [-0.05, 0) is 30.3 Å². The van der Waals surface area contributed by atoms with Gasteiger partial charge in [-0.3, -0.25) is 0 Å². The van der Waals surface area contributed by atoms with Crippen LogP contribution >= 0.6 is 0 Å². The Labute approximate surface area is 147 Å². The van der Waals surface area contributed by atoms with Crippen LogP contribution in [0.15, 0.2) is 78.9 Å². The van der Waals surface area contributed by atoms with E-state index in [0.717, 1.165) is 24.5 Å². The Morgan fingerprint density at radius 1 is 0.640 bits per heavy atom. The van der Waals surface area contributed by atoms with Crippen molar-refractivity contribution in [1.29, 1.82) is 0 Å². The highest BCUT2D eigenvalue weighted by Crippen LogP contribution is 2.43. The van der Waals surface area contributed by atoms with Crippen LogP contribution < -0.4 is 9.80 Å². The largest absolute Gasteiger partial charge is 0.504 e. The molecule has 126 valence electrons. The zero-order valence-corrected chi connectivity index (χ0v) is 13.8. The van der Waals surface area contributed by atoms with E-state index < -0.39 is 0 Å². The number of nitrogens with zero attached hydrogens (tertiary/aromatic N) is 2. The molecular weight excluding hydrogens is 312 g/mol. The summed E-state index contributed by atoms with van der Waals surface area (Å²) in [6.45, 7) is 1.66. The second-order valence-electron chi connectivity index (χ2n) is 6.15. The molecule has 1 fully saturated rings. The van der Waals surface area contributed by atoms with Crippen molar-refractivity contribution in [2.24, 2.45) is 0 Å². The fourth-order valence-corrected chi connectivity index (χ4v) is 3.50. The normalized spacial score (nSPS) is 14.9. The lowest BCUT2D eigenvalue weighted by Gasteiger charge is -2.33. The SMILES string of the molecule is Oc1cccc(C2N(c3ccccc3)CCN2c2ccccc2)c1O. The maximum Gasteiger partial charge on any atom is 0.164 e. The molecular formula is C21H20N2O2. The van der Waals surface area contributed by atoms with Crippen molar-refractivity contribution < 1.29 is 10.2 Å². The molecule has 4 rings (SSSR count). The number of aromatic hydroxyl groups is 2. The lowest BCUT2D eigenvalue weighted by molar-refractivity contribution is 0.396. The maximum atomic E-state index is 10.5. The lowest BCUT2D eigenvalue weighted by Crippen LogP contribution is -2.31. The Morgan fingerprint density at radius 3 is 1.68 bits per heavy atom. The zero-order valence-electron chi connectivity index (χ0n) is 13.8. The Bertz CT molecular complexity index is 805. The monoisotopic (exact) mass is 332 g/mol. The molecule has 1 aliphatic rings. The summed E-state index contributed by atoms with van der Waals surface area (Å²) in [5.41, 5.74) is 2.88. The second kappa shape index (κ2) is 6.40. The predicted octanol–water partition coefficient (Wildman–Crippen LogP) is 4.12. The fraction of sp³-hybridized carbons (Fsp3) is 0.143. The molecule has 0 aliphatic carbocycles. The van der Waals surface area contributed by atoms with Gasteiger partial charge in [0.15, 0.2) is 11.5 Å². The van der Waals surface area contributed by atoms with Crippen LogP contribution in [0.1, 0.15) is 11.7 Å². The van der Waals surface area contributed by atoms with E-state index in [2.05, 4.69) is 34.1 Å². The second-order valence-corrected chi connectivity index (χ2v) is 6.15. The number of para-hydroxylation sites is 3. The molecule has 4 heteroatoms. The van der Waals surface area contributed by atoms with E-state index in [-0.39, 0.29) is 17.7 Å². The molecule has 1 saturated heterocycles. The van der Waals surface area contributed by atoms with E-state index in [4.69, 9.17) is 0 Å². The molecule has 0 radical (unpaired) electrons. The van der Waals surface area contributed by atoms with Gasteiger partial charge in [-0.2, -0.15) is 0 Å². The first-order valence-corrected chi connectivity index (χ1v) is 8.40. The molecule has 0 unspecified atom stereocenters.